The highest BCUT2D eigenvalue weighted by Crippen LogP contribution is 2.32. The fourth-order valence-corrected chi connectivity index (χ4v) is 3.61. The number of nitrogens with zero attached hydrogens (tertiary/aromatic N) is 2. The Labute approximate surface area is 176 Å². The molecule has 0 saturated heterocycles. The average Bonchev–Trinajstić information content (AvgIpc) is 3.31. The van der Waals surface area contributed by atoms with Gasteiger partial charge in [-0.2, -0.15) is 9.36 Å². The van der Waals surface area contributed by atoms with Crippen LogP contribution >= 0.6 is 34.7 Å². The Hall–Kier alpha value is -2.48. The lowest BCUT2D eigenvalue weighted by atomic mass is 10.2. The zero-order valence-electron chi connectivity index (χ0n) is 14.8. The van der Waals surface area contributed by atoms with Crippen LogP contribution in [-0.2, 0) is 6.54 Å². The highest BCUT2D eigenvalue weighted by Gasteiger charge is 2.13. The smallest absolute Gasteiger partial charge is 0.231 e. The molecule has 0 aliphatic carbocycles. The summed E-state index contributed by atoms with van der Waals surface area (Å²) in [5.74, 6) is 2.18. The molecule has 144 valence electrons. The van der Waals surface area contributed by atoms with Crippen LogP contribution in [0.3, 0.4) is 0 Å². The summed E-state index contributed by atoms with van der Waals surface area (Å²) in [5.41, 5.74) is 2.78. The number of halogens is 2. The highest BCUT2D eigenvalue weighted by molar-refractivity contribution is 7.09. The van der Waals surface area contributed by atoms with Crippen molar-refractivity contribution in [3.63, 3.8) is 0 Å². The van der Waals surface area contributed by atoms with Gasteiger partial charge in [0, 0.05) is 34.9 Å². The van der Waals surface area contributed by atoms with E-state index in [-0.39, 0.29) is 6.79 Å². The fraction of sp³-hybridized carbons (Fsp3) is 0.158. The average molecular weight is 435 g/mol. The van der Waals surface area contributed by atoms with Crippen molar-refractivity contribution in [2.24, 2.45) is 0 Å². The molecule has 3 aromatic rings. The number of rotatable bonds is 6. The number of fused-ring (bicyclic) bond motifs is 1. The minimum Gasteiger partial charge on any atom is -0.454 e. The second kappa shape index (κ2) is 8.26. The first kappa shape index (κ1) is 18.9. The number of hydrogen-bond acceptors (Lipinski definition) is 7. The van der Waals surface area contributed by atoms with Crippen molar-refractivity contribution in [1.82, 2.24) is 14.7 Å². The largest absolute Gasteiger partial charge is 0.454 e. The van der Waals surface area contributed by atoms with E-state index < -0.39 is 0 Å². The minimum atomic E-state index is 0.276. The van der Waals surface area contributed by atoms with Crippen LogP contribution in [-0.4, -0.2) is 16.2 Å². The highest BCUT2D eigenvalue weighted by atomic mass is 35.5. The molecule has 2 N–H and O–H groups in total. The summed E-state index contributed by atoms with van der Waals surface area (Å²) in [6.45, 7) is 2.91. The van der Waals surface area contributed by atoms with Gasteiger partial charge in [-0.15, -0.1) is 0 Å². The van der Waals surface area contributed by atoms with Crippen molar-refractivity contribution < 1.29 is 9.47 Å². The Morgan fingerprint density at radius 1 is 1.18 bits per heavy atom. The van der Waals surface area contributed by atoms with Gasteiger partial charge in [0.05, 0.1) is 10.7 Å². The van der Waals surface area contributed by atoms with Crippen molar-refractivity contribution in [2.75, 3.05) is 12.1 Å². The van der Waals surface area contributed by atoms with Crippen molar-refractivity contribution in [3.05, 3.63) is 63.5 Å². The van der Waals surface area contributed by atoms with Crippen molar-refractivity contribution in [3.8, 4) is 11.5 Å². The maximum Gasteiger partial charge on any atom is 0.231 e. The molecule has 9 heteroatoms. The van der Waals surface area contributed by atoms with Gasteiger partial charge < -0.3 is 20.1 Å². The van der Waals surface area contributed by atoms with E-state index in [9.17, 15) is 0 Å². The van der Waals surface area contributed by atoms with Gasteiger partial charge in [-0.1, -0.05) is 29.3 Å². The van der Waals surface area contributed by atoms with Crippen LogP contribution in [0.2, 0.25) is 10.0 Å². The second-order valence-electron chi connectivity index (χ2n) is 6.08. The molecule has 0 fully saturated rings. The van der Waals surface area contributed by atoms with Gasteiger partial charge in [0.1, 0.15) is 0 Å². The normalized spacial score (nSPS) is 12.9. The summed E-state index contributed by atoms with van der Waals surface area (Å²) in [7, 11) is 0. The van der Waals surface area contributed by atoms with Gasteiger partial charge in [0.15, 0.2) is 17.3 Å². The van der Waals surface area contributed by atoms with E-state index in [1.165, 1.54) is 11.5 Å². The molecular formula is C19H16Cl2N4O2S. The van der Waals surface area contributed by atoms with Crippen LogP contribution in [0.5, 0.6) is 11.5 Å². The monoisotopic (exact) mass is 434 g/mol. The number of ether oxygens (including phenoxy) is 2. The number of nitrogens with one attached hydrogen (secondary N) is 2. The fourth-order valence-electron chi connectivity index (χ4n) is 2.59. The van der Waals surface area contributed by atoms with Gasteiger partial charge in [0.25, 0.3) is 0 Å². The van der Waals surface area contributed by atoms with Crippen LogP contribution in [0.25, 0.3) is 6.08 Å². The van der Waals surface area contributed by atoms with Crippen LogP contribution in [0.15, 0.2) is 42.1 Å². The zero-order chi connectivity index (χ0) is 19.5. The van der Waals surface area contributed by atoms with Crippen molar-refractivity contribution in [2.45, 2.75) is 13.5 Å². The van der Waals surface area contributed by atoms with E-state index >= 15 is 0 Å². The standard InChI is InChI=1S/C19H16Cl2N4O2S/c1-11(22-9-12-2-5-16-17(7-12)27-10-26-16)6-18-24-19(28-25-18)23-15-4-3-13(20)8-14(15)21/h2-8,22H,9-10H2,1H3,(H,23,24,25)/b11-6+. The van der Waals surface area contributed by atoms with Gasteiger partial charge >= 0.3 is 0 Å². The molecule has 0 spiro atoms. The molecule has 0 atom stereocenters. The molecule has 0 amide bonds. The lowest BCUT2D eigenvalue weighted by molar-refractivity contribution is 0.174. The third-order valence-electron chi connectivity index (χ3n) is 3.97. The van der Waals surface area contributed by atoms with Gasteiger partial charge in [-0.05, 0) is 42.8 Å². The van der Waals surface area contributed by atoms with Gasteiger partial charge in [-0.25, -0.2) is 0 Å². The molecule has 28 heavy (non-hydrogen) atoms. The van der Waals surface area contributed by atoms with Crippen molar-refractivity contribution >= 4 is 51.6 Å². The summed E-state index contributed by atoms with van der Waals surface area (Å²) in [6, 6.07) is 11.1. The van der Waals surface area contributed by atoms with Crippen LogP contribution in [0, 0.1) is 0 Å². The first-order valence-electron chi connectivity index (χ1n) is 8.43. The lowest BCUT2D eigenvalue weighted by Gasteiger charge is -2.07. The van der Waals surface area contributed by atoms with Crippen LogP contribution < -0.4 is 20.1 Å². The first-order valence-corrected chi connectivity index (χ1v) is 9.96. The summed E-state index contributed by atoms with van der Waals surface area (Å²) in [6.07, 6.45) is 1.89. The molecule has 1 aliphatic heterocycles. The Bertz CT molecular complexity index is 1040. The Morgan fingerprint density at radius 3 is 2.89 bits per heavy atom. The number of aromatic nitrogens is 2. The maximum atomic E-state index is 6.18. The number of allylic oxidation sites excluding steroid dienone is 1. The molecule has 1 aliphatic rings. The minimum absolute atomic E-state index is 0.276. The molecule has 0 saturated carbocycles. The SMILES string of the molecule is C/C(=C\c1nsc(Nc2ccc(Cl)cc2Cl)n1)NCc1ccc2c(c1)OCO2. The quantitative estimate of drug-likeness (QED) is 0.536. The Balaban J connectivity index is 1.37. The van der Waals surface area contributed by atoms with Crippen LogP contribution in [0.1, 0.15) is 18.3 Å². The molecule has 0 unspecified atom stereocenters. The third-order valence-corrected chi connectivity index (χ3v) is 5.16. The molecule has 0 bridgehead atoms. The Kier molecular flexibility index (Phi) is 5.57. The predicted octanol–water partition coefficient (Wildman–Crippen LogP) is 5.47. The molecule has 4 rings (SSSR count). The number of hydrogen-bond donors (Lipinski definition) is 2. The van der Waals surface area contributed by atoms with Crippen LogP contribution in [0.4, 0.5) is 10.8 Å². The predicted molar refractivity (Wildman–Crippen MR) is 113 cm³/mol. The first-order chi connectivity index (χ1) is 13.6. The maximum absolute atomic E-state index is 6.18. The molecule has 6 nitrogen and oxygen atoms in total. The van der Waals surface area contributed by atoms with Gasteiger partial charge in [0.2, 0.25) is 11.9 Å². The topological polar surface area (TPSA) is 68.3 Å². The number of benzene rings is 2. The van der Waals surface area contributed by atoms with E-state index in [1.54, 1.807) is 18.2 Å². The molecule has 0 radical (unpaired) electrons. The number of anilines is 2. The zero-order valence-corrected chi connectivity index (χ0v) is 17.2. The summed E-state index contributed by atoms with van der Waals surface area (Å²) >= 11 is 13.4. The van der Waals surface area contributed by atoms with Gasteiger partial charge in [-0.3, -0.25) is 0 Å². The summed E-state index contributed by atoms with van der Waals surface area (Å²) < 4.78 is 15.1. The third kappa shape index (κ3) is 4.49. The van der Waals surface area contributed by atoms with E-state index in [4.69, 9.17) is 32.7 Å². The lowest BCUT2D eigenvalue weighted by Crippen LogP contribution is -2.10. The van der Waals surface area contributed by atoms with E-state index in [0.29, 0.717) is 27.5 Å². The molecular weight excluding hydrogens is 419 g/mol. The van der Waals surface area contributed by atoms with E-state index in [0.717, 1.165) is 28.4 Å². The summed E-state index contributed by atoms with van der Waals surface area (Å²) in [5, 5.41) is 8.26. The van der Waals surface area contributed by atoms with E-state index in [1.807, 2.05) is 31.2 Å². The molecule has 2 aromatic carbocycles. The van der Waals surface area contributed by atoms with E-state index in [2.05, 4.69) is 20.0 Å². The summed E-state index contributed by atoms with van der Waals surface area (Å²) in [4.78, 5) is 4.46. The van der Waals surface area contributed by atoms with Crippen molar-refractivity contribution in [1.29, 1.82) is 0 Å². The Morgan fingerprint density at radius 2 is 2.04 bits per heavy atom. The molecule has 2 heterocycles. The molecule has 1 aromatic heterocycles. The second-order valence-corrected chi connectivity index (χ2v) is 7.67.